The van der Waals surface area contributed by atoms with E-state index in [1.165, 1.54) is 0 Å². The van der Waals surface area contributed by atoms with Gasteiger partial charge >= 0.3 is 6.03 Å². The molecule has 2 atom stereocenters. The predicted octanol–water partition coefficient (Wildman–Crippen LogP) is 2.74. The molecule has 0 bridgehead atoms. The summed E-state index contributed by atoms with van der Waals surface area (Å²) in [5.41, 5.74) is 0.683. The fourth-order valence-electron chi connectivity index (χ4n) is 2.40. The lowest BCUT2D eigenvalue weighted by Gasteiger charge is -2.15. The average Bonchev–Trinajstić information content (AvgIpc) is 2.82. The van der Waals surface area contributed by atoms with Crippen LogP contribution < -0.4 is 15.4 Å². The van der Waals surface area contributed by atoms with E-state index in [1.54, 1.807) is 25.3 Å². The van der Waals surface area contributed by atoms with Crippen LogP contribution in [-0.4, -0.2) is 30.9 Å². The highest BCUT2D eigenvalue weighted by Gasteiger charge is 2.25. The van der Waals surface area contributed by atoms with Crippen LogP contribution in [-0.2, 0) is 0 Å². The Morgan fingerprint density at radius 1 is 1.50 bits per heavy atom. The van der Waals surface area contributed by atoms with Gasteiger partial charge in [0.1, 0.15) is 5.75 Å². The Labute approximate surface area is 126 Å². The van der Waals surface area contributed by atoms with Crippen LogP contribution in [0.15, 0.2) is 22.7 Å². The molecule has 3 N–H and O–H groups in total. The molecular weight excluding hydrogens is 324 g/mol. The van der Waals surface area contributed by atoms with E-state index >= 15 is 0 Å². The number of methoxy groups -OCH3 is 1. The number of ether oxygens (including phenoxy) is 1. The molecule has 0 unspecified atom stereocenters. The molecule has 110 valence electrons. The van der Waals surface area contributed by atoms with E-state index in [0.717, 1.165) is 23.7 Å². The van der Waals surface area contributed by atoms with Crippen molar-refractivity contribution in [2.75, 3.05) is 19.0 Å². The zero-order valence-corrected chi connectivity index (χ0v) is 12.9. The van der Waals surface area contributed by atoms with E-state index in [-0.39, 0.29) is 18.1 Å². The third-order valence-electron chi connectivity index (χ3n) is 3.55. The van der Waals surface area contributed by atoms with Gasteiger partial charge in [0.25, 0.3) is 0 Å². The van der Waals surface area contributed by atoms with Gasteiger partial charge in [0.05, 0.1) is 17.7 Å². The second kappa shape index (κ2) is 6.95. The lowest BCUT2D eigenvalue weighted by molar-refractivity contribution is 0.133. The number of aliphatic hydroxyl groups is 1. The smallest absolute Gasteiger partial charge is 0.319 e. The first-order chi connectivity index (χ1) is 9.60. The Bertz CT molecular complexity index is 481. The normalized spacial score (nSPS) is 21.6. The van der Waals surface area contributed by atoms with Crippen LogP contribution in [0.5, 0.6) is 5.75 Å². The number of carbonyl (C=O) groups excluding carboxylic acids is 1. The number of anilines is 1. The molecule has 1 aromatic carbocycles. The summed E-state index contributed by atoms with van der Waals surface area (Å²) in [6.07, 6.45) is 2.54. The first-order valence-electron chi connectivity index (χ1n) is 6.66. The molecule has 0 spiro atoms. The van der Waals surface area contributed by atoms with Crippen molar-refractivity contribution in [3.63, 3.8) is 0 Å². The van der Waals surface area contributed by atoms with Crippen LogP contribution in [0.1, 0.15) is 19.3 Å². The minimum absolute atomic E-state index is 0.170. The number of hydrogen-bond acceptors (Lipinski definition) is 3. The molecule has 1 aliphatic rings. The van der Waals surface area contributed by atoms with Gasteiger partial charge in [0, 0.05) is 18.2 Å². The summed E-state index contributed by atoms with van der Waals surface area (Å²) in [5, 5.41) is 15.2. The Balaban J connectivity index is 1.83. The molecule has 6 heteroatoms. The second-order valence-corrected chi connectivity index (χ2v) is 5.80. The Morgan fingerprint density at radius 2 is 2.30 bits per heavy atom. The molecule has 20 heavy (non-hydrogen) atoms. The van der Waals surface area contributed by atoms with Crippen LogP contribution in [0.4, 0.5) is 10.5 Å². The topological polar surface area (TPSA) is 70.6 Å². The van der Waals surface area contributed by atoms with Gasteiger partial charge in [0.2, 0.25) is 0 Å². The van der Waals surface area contributed by atoms with Crippen molar-refractivity contribution in [3.05, 3.63) is 22.7 Å². The largest absolute Gasteiger partial charge is 0.496 e. The van der Waals surface area contributed by atoms with Crippen molar-refractivity contribution >= 4 is 27.6 Å². The molecule has 2 rings (SSSR count). The van der Waals surface area contributed by atoms with Crippen molar-refractivity contribution in [1.29, 1.82) is 0 Å². The van der Waals surface area contributed by atoms with Crippen molar-refractivity contribution in [1.82, 2.24) is 5.32 Å². The summed E-state index contributed by atoms with van der Waals surface area (Å²) in [6.45, 7) is 0.504. The van der Waals surface area contributed by atoms with Crippen molar-refractivity contribution < 1.29 is 14.6 Å². The van der Waals surface area contributed by atoms with E-state index in [9.17, 15) is 9.90 Å². The number of rotatable bonds is 4. The van der Waals surface area contributed by atoms with E-state index in [2.05, 4.69) is 26.6 Å². The van der Waals surface area contributed by atoms with Gasteiger partial charge in [-0.05, 0) is 47.0 Å². The number of aliphatic hydroxyl groups excluding tert-OH is 1. The minimum Gasteiger partial charge on any atom is -0.496 e. The minimum atomic E-state index is -0.287. The van der Waals surface area contributed by atoms with Crippen LogP contribution in [0.25, 0.3) is 0 Å². The highest BCUT2D eigenvalue weighted by atomic mass is 79.9. The quantitative estimate of drug-likeness (QED) is 0.787. The number of halogens is 1. The van der Waals surface area contributed by atoms with Crippen molar-refractivity contribution in [2.24, 2.45) is 5.92 Å². The number of nitrogens with one attached hydrogen (secondary N) is 2. The maximum Gasteiger partial charge on any atom is 0.319 e. The summed E-state index contributed by atoms with van der Waals surface area (Å²) in [6, 6.07) is 5.07. The van der Waals surface area contributed by atoms with Crippen LogP contribution in [0.3, 0.4) is 0 Å². The number of benzene rings is 1. The lowest BCUT2D eigenvalue weighted by atomic mass is 10.1. The number of hydrogen-bond donors (Lipinski definition) is 3. The molecule has 1 saturated carbocycles. The van der Waals surface area contributed by atoms with Gasteiger partial charge < -0.3 is 20.5 Å². The van der Waals surface area contributed by atoms with Gasteiger partial charge in [-0.1, -0.05) is 6.42 Å². The number of carbonyl (C=O) groups is 1. The average molecular weight is 343 g/mol. The first kappa shape index (κ1) is 15.1. The molecule has 2 amide bonds. The summed E-state index contributed by atoms with van der Waals surface area (Å²) < 4.78 is 5.91. The molecule has 1 aromatic rings. The maximum absolute atomic E-state index is 11.8. The zero-order chi connectivity index (χ0) is 14.5. The molecule has 1 aliphatic carbocycles. The summed E-state index contributed by atoms with van der Waals surface area (Å²) in [7, 11) is 1.59. The Kier molecular flexibility index (Phi) is 5.25. The molecule has 0 aliphatic heterocycles. The summed E-state index contributed by atoms with van der Waals surface area (Å²) in [5.74, 6) is 0.883. The number of amides is 2. The third kappa shape index (κ3) is 3.86. The SMILES string of the molecule is COc1ccc(NC(=O)NC[C@@H]2CCC[C@H]2O)cc1Br. The maximum atomic E-state index is 11.8. The molecule has 0 aromatic heterocycles. The second-order valence-electron chi connectivity index (χ2n) is 4.94. The van der Waals surface area contributed by atoms with Crippen molar-refractivity contribution in [2.45, 2.75) is 25.4 Å². The highest BCUT2D eigenvalue weighted by molar-refractivity contribution is 9.10. The zero-order valence-electron chi connectivity index (χ0n) is 11.4. The highest BCUT2D eigenvalue weighted by Crippen LogP contribution is 2.28. The Morgan fingerprint density at radius 3 is 2.90 bits per heavy atom. The monoisotopic (exact) mass is 342 g/mol. The summed E-state index contributed by atoms with van der Waals surface area (Å²) >= 11 is 3.37. The van der Waals surface area contributed by atoms with E-state index in [1.807, 2.05) is 0 Å². The van der Waals surface area contributed by atoms with Gasteiger partial charge in [-0.3, -0.25) is 0 Å². The Hall–Kier alpha value is -1.27. The van der Waals surface area contributed by atoms with Gasteiger partial charge in [-0.25, -0.2) is 4.79 Å². The van der Waals surface area contributed by atoms with Crippen LogP contribution in [0.2, 0.25) is 0 Å². The molecule has 5 nitrogen and oxygen atoms in total. The third-order valence-corrected chi connectivity index (χ3v) is 4.17. The molecule has 0 heterocycles. The fraction of sp³-hybridized carbons (Fsp3) is 0.500. The van der Waals surface area contributed by atoms with Crippen molar-refractivity contribution in [3.8, 4) is 5.75 Å². The number of urea groups is 1. The van der Waals surface area contributed by atoms with Gasteiger partial charge in [-0.15, -0.1) is 0 Å². The van der Waals surface area contributed by atoms with Crippen LogP contribution in [0, 0.1) is 5.92 Å². The predicted molar refractivity (Wildman–Crippen MR) is 81.1 cm³/mol. The van der Waals surface area contributed by atoms with Gasteiger partial charge in [-0.2, -0.15) is 0 Å². The van der Waals surface area contributed by atoms with Gasteiger partial charge in [0.15, 0.2) is 0 Å². The lowest BCUT2D eigenvalue weighted by Crippen LogP contribution is -2.35. The van der Waals surface area contributed by atoms with E-state index in [0.29, 0.717) is 18.0 Å². The standard InChI is InChI=1S/C14H19BrN2O3/c1-20-13-6-5-10(7-11(13)15)17-14(19)16-8-9-3-2-4-12(9)18/h5-7,9,12,18H,2-4,8H2,1H3,(H2,16,17,19)/t9-,12+/m0/s1. The molecule has 0 saturated heterocycles. The van der Waals surface area contributed by atoms with E-state index in [4.69, 9.17) is 4.74 Å². The first-order valence-corrected chi connectivity index (χ1v) is 7.46. The molecular formula is C14H19BrN2O3. The van der Waals surface area contributed by atoms with Crippen LogP contribution >= 0.6 is 15.9 Å². The molecule has 1 fully saturated rings. The molecule has 0 radical (unpaired) electrons. The summed E-state index contributed by atoms with van der Waals surface area (Å²) in [4.78, 5) is 11.8. The van der Waals surface area contributed by atoms with E-state index < -0.39 is 0 Å². The fourth-order valence-corrected chi connectivity index (χ4v) is 2.94.